The van der Waals surface area contributed by atoms with Crippen molar-refractivity contribution < 1.29 is 9.59 Å². The largest absolute Gasteiger partial charge is 0.342 e. The summed E-state index contributed by atoms with van der Waals surface area (Å²) < 4.78 is 0. The van der Waals surface area contributed by atoms with Gasteiger partial charge in [-0.05, 0) is 37.7 Å². The van der Waals surface area contributed by atoms with Crippen LogP contribution < -0.4 is 5.32 Å². The number of rotatable bonds is 8. The Labute approximate surface area is 141 Å². The Morgan fingerprint density at radius 3 is 2.48 bits per heavy atom. The van der Waals surface area contributed by atoms with Gasteiger partial charge in [0.15, 0.2) is 5.78 Å². The van der Waals surface area contributed by atoms with Crippen LogP contribution in [0.4, 0.5) is 0 Å². The minimum Gasteiger partial charge on any atom is -0.342 e. The predicted molar refractivity (Wildman–Crippen MR) is 94.8 cm³/mol. The maximum absolute atomic E-state index is 12.6. The van der Waals surface area contributed by atoms with Gasteiger partial charge in [0.1, 0.15) is 0 Å². The van der Waals surface area contributed by atoms with E-state index in [-0.39, 0.29) is 17.7 Å². The highest BCUT2D eigenvalue weighted by Crippen LogP contribution is 2.28. The van der Waals surface area contributed by atoms with Crippen LogP contribution in [0, 0.1) is 24.2 Å². The topological polar surface area (TPSA) is 46.2 Å². The lowest BCUT2D eigenvalue weighted by atomic mass is 9.83. The lowest BCUT2D eigenvalue weighted by Gasteiger charge is -2.26. The molecule has 1 atom stereocenters. The van der Waals surface area contributed by atoms with Crippen molar-refractivity contribution in [3.63, 3.8) is 0 Å². The minimum absolute atomic E-state index is 0.158. The monoisotopic (exact) mass is 317 g/mol. The predicted octanol–water partition coefficient (Wildman–Crippen LogP) is 4.03. The molecule has 0 aromatic heterocycles. The zero-order valence-corrected chi connectivity index (χ0v) is 14.9. The lowest BCUT2D eigenvalue weighted by Crippen LogP contribution is -2.42. The highest BCUT2D eigenvalue weighted by atomic mass is 16.2. The van der Waals surface area contributed by atoms with Gasteiger partial charge < -0.3 is 5.32 Å². The zero-order chi connectivity index (χ0) is 17.2. The molecule has 0 unspecified atom stereocenters. The summed E-state index contributed by atoms with van der Waals surface area (Å²) in [5, 5.41) is 2.92. The van der Waals surface area contributed by atoms with Crippen molar-refractivity contribution in [2.24, 2.45) is 11.8 Å². The second kappa shape index (κ2) is 10.3. The van der Waals surface area contributed by atoms with Crippen molar-refractivity contribution in [3.05, 3.63) is 11.6 Å². The molecule has 0 saturated heterocycles. The third-order valence-corrected chi connectivity index (χ3v) is 4.61. The number of carbonyl (C=O) groups excluding carboxylic acids is 2. The van der Waals surface area contributed by atoms with E-state index >= 15 is 0 Å². The molecule has 1 aliphatic rings. The van der Waals surface area contributed by atoms with Crippen molar-refractivity contribution in [2.75, 3.05) is 0 Å². The van der Waals surface area contributed by atoms with E-state index in [1.54, 1.807) is 6.92 Å². The molecule has 128 valence electrons. The quantitative estimate of drug-likeness (QED) is 0.543. The first kappa shape index (κ1) is 19.5. The normalized spacial score (nSPS) is 17.6. The lowest BCUT2D eigenvalue weighted by molar-refractivity contribution is -0.126. The Hall–Kier alpha value is -1.56. The number of carbonyl (C=O) groups is 2. The number of amides is 1. The number of Topliss-reactive ketones (excluding diaryl/α,β-unsaturated/α-hetero) is 1. The summed E-state index contributed by atoms with van der Waals surface area (Å²) in [5.74, 6) is 3.35. The van der Waals surface area contributed by atoms with Crippen molar-refractivity contribution in [1.29, 1.82) is 0 Å². The smallest absolute Gasteiger partial charge is 0.248 e. The molecule has 0 heterocycles. The van der Waals surface area contributed by atoms with Gasteiger partial charge in [-0.3, -0.25) is 9.59 Å². The van der Waals surface area contributed by atoms with Crippen LogP contribution in [0.3, 0.4) is 0 Å². The number of hydrogen-bond acceptors (Lipinski definition) is 2. The molecule has 3 nitrogen and oxygen atoms in total. The van der Waals surface area contributed by atoms with Gasteiger partial charge in [-0.1, -0.05) is 51.9 Å². The van der Waals surface area contributed by atoms with Crippen LogP contribution in [0.25, 0.3) is 0 Å². The maximum Gasteiger partial charge on any atom is 0.248 e. The minimum atomic E-state index is -0.370. The number of ketones is 1. The third-order valence-electron chi connectivity index (χ3n) is 4.61. The Morgan fingerprint density at radius 1 is 1.26 bits per heavy atom. The van der Waals surface area contributed by atoms with Gasteiger partial charge in [0.2, 0.25) is 5.91 Å². The van der Waals surface area contributed by atoms with Crippen LogP contribution in [0.15, 0.2) is 11.6 Å². The average molecular weight is 317 g/mol. The van der Waals surface area contributed by atoms with Crippen LogP contribution in [0.5, 0.6) is 0 Å². The fraction of sp³-hybridized carbons (Fsp3) is 0.700. The molecular weight excluding hydrogens is 286 g/mol. The first-order chi connectivity index (χ1) is 10.9. The molecule has 1 fully saturated rings. The van der Waals surface area contributed by atoms with Gasteiger partial charge in [0, 0.05) is 12.0 Å². The molecule has 0 aliphatic heterocycles. The first-order valence-corrected chi connectivity index (χ1v) is 8.90. The van der Waals surface area contributed by atoms with E-state index in [0.29, 0.717) is 23.8 Å². The fourth-order valence-electron chi connectivity index (χ4n) is 3.09. The van der Waals surface area contributed by atoms with Gasteiger partial charge >= 0.3 is 0 Å². The van der Waals surface area contributed by atoms with E-state index in [2.05, 4.69) is 25.1 Å². The van der Waals surface area contributed by atoms with E-state index in [0.717, 1.165) is 12.8 Å². The molecule has 0 aromatic carbocycles. The maximum atomic E-state index is 12.6. The molecule has 1 aliphatic carbocycles. The summed E-state index contributed by atoms with van der Waals surface area (Å²) in [5.41, 5.74) is 0.484. The van der Waals surface area contributed by atoms with E-state index in [1.165, 1.54) is 38.2 Å². The molecule has 0 radical (unpaired) electrons. The summed E-state index contributed by atoms with van der Waals surface area (Å²) in [7, 11) is 0. The Bertz CT molecular complexity index is 465. The Balaban J connectivity index is 2.70. The average Bonchev–Trinajstić information content (AvgIpc) is 2.53. The molecule has 0 bridgehead atoms. The second-order valence-electron chi connectivity index (χ2n) is 7.16. The van der Waals surface area contributed by atoms with Crippen molar-refractivity contribution in [1.82, 2.24) is 5.32 Å². The summed E-state index contributed by atoms with van der Waals surface area (Å²) in [6, 6.07) is -0.370. The molecular formula is C20H31NO2. The molecule has 0 spiro atoms. The standard InChI is InChI=1S/C20H31NO2/c1-5-9-16(4)20(23)21-18(19(22)13-12-15(2)3)14-17-10-7-6-8-11-17/h1,9,15,17-18H,6-8,10-14H2,2-4H3,(H,21,23)/b16-9-/t18-/m0/s1. The van der Waals surface area contributed by atoms with Crippen LogP contribution in [-0.4, -0.2) is 17.7 Å². The Morgan fingerprint density at radius 2 is 1.91 bits per heavy atom. The molecule has 0 aromatic rings. The van der Waals surface area contributed by atoms with Crippen molar-refractivity contribution in [2.45, 2.75) is 78.2 Å². The summed E-state index contributed by atoms with van der Waals surface area (Å²) in [6.07, 6.45) is 14.9. The van der Waals surface area contributed by atoms with Gasteiger partial charge in [-0.15, -0.1) is 6.42 Å². The van der Waals surface area contributed by atoms with Crippen LogP contribution in [0.1, 0.15) is 72.1 Å². The van der Waals surface area contributed by atoms with Crippen molar-refractivity contribution in [3.8, 4) is 12.3 Å². The van der Waals surface area contributed by atoms with Gasteiger partial charge in [0.05, 0.1) is 6.04 Å². The molecule has 1 rings (SSSR count). The molecule has 1 amide bonds. The van der Waals surface area contributed by atoms with E-state index in [1.807, 2.05) is 0 Å². The summed E-state index contributed by atoms with van der Waals surface area (Å²) in [6.45, 7) is 5.91. The zero-order valence-electron chi connectivity index (χ0n) is 14.9. The summed E-state index contributed by atoms with van der Waals surface area (Å²) >= 11 is 0. The SMILES string of the molecule is C#C/C=C(/C)C(=O)N[C@@H](CC1CCCCC1)C(=O)CCC(C)C. The highest BCUT2D eigenvalue weighted by molar-refractivity contribution is 5.97. The van der Waals surface area contributed by atoms with E-state index in [4.69, 9.17) is 6.42 Å². The number of allylic oxidation sites excluding steroid dienone is 1. The van der Waals surface area contributed by atoms with Crippen LogP contribution in [0.2, 0.25) is 0 Å². The van der Waals surface area contributed by atoms with Crippen LogP contribution >= 0.6 is 0 Å². The third kappa shape index (κ3) is 7.50. The van der Waals surface area contributed by atoms with Crippen LogP contribution in [-0.2, 0) is 9.59 Å². The molecule has 1 N–H and O–H groups in total. The van der Waals surface area contributed by atoms with Gasteiger partial charge in [-0.25, -0.2) is 0 Å². The van der Waals surface area contributed by atoms with E-state index in [9.17, 15) is 9.59 Å². The first-order valence-electron chi connectivity index (χ1n) is 8.90. The second-order valence-corrected chi connectivity index (χ2v) is 7.16. The summed E-state index contributed by atoms with van der Waals surface area (Å²) in [4.78, 5) is 24.8. The van der Waals surface area contributed by atoms with E-state index < -0.39 is 0 Å². The fourth-order valence-corrected chi connectivity index (χ4v) is 3.09. The van der Waals surface area contributed by atoms with Gasteiger partial charge in [-0.2, -0.15) is 0 Å². The molecule has 3 heteroatoms. The van der Waals surface area contributed by atoms with Gasteiger partial charge in [0.25, 0.3) is 0 Å². The Kier molecular flexibility index (Phi) is 8.69. The number of hydrogen-bond donors (Lipinski definition) is 1. The van der Waals surface area contributed by atoms with Crippen molar-refractivity contribution >= 4 is 11.7 Å². The highest BCUT2D eigenvalue weighted by Gasteiger charge is 2.25. The molecule has 1 saturated carbocycles. The molecule has 23 heavy (non-hydrogen) atoms. The number of terminal acetylenes is 1. The number of nitrogens with one attached hydrogen (secondary N) is 1.